The van der Waals surface area contributed by atoms with Crippen LogP contribution in [0.4, 0.5) is 0 Å². The molecule has 0 aliphatic heterocycles. The smallest absolute Gasteiger partial charge is 0.307 e. The first-order chi connectivity index (χ1) is 28.7. The highest BCUT2D eigenvalue weighted by molar-refractivity contribution is 6.10. The second-order valence-corrected chi connectivity index (χ2v) is 14.3. The van der Waals surface area contributed by atoms with Crippen molar-refractivity contribution in [3.05, 3.63) is 200 Å². The Morgan fingerprint density at radius 2 is 0.776 bits per heavy atom. The predicted octanol–water partition coefficient (Wildman–Crippen LogP) is 13.1. The van der Waals surface area contributed by atoms with Crippen molar-refractivity contribution >= 4 is 32.9 Å². The lowest BCUT2D eigenvalue weighted by Crippen LogP contribution is -2.00. The molecule has 0 spiro atoms. The third kappa shape index (κ3) is 6.01. The fourth-order valence-electron chi connectivity index (χ4n) is 7.85. The molecule has 6 nitrogen and oxygen atoms in total. The number of nitrogens with zero attached hydrogens (tertiary/aromatic N) is 5. The monoisotopic (exact) mass is 743 g/mol. The zero-order valence-electron chi connectivity index (χ0n) is 31.2. The zero-order valence-corrected chi connectivity index (χ0v) is 31.2. The highest BCUT2D eigenvalue weighted by Crippen LogP contribution is 2.37. The Hall–Kier alpha value is -7.96. The third-order valence-corrected chi connectivity index (χ3v) is 10.7. The number of para-hydroxylation sites is 3. The van der Waals surface area contributed by atoms with Crippen molar-refractivity contribution in [3.63, 3.8) is 0 Å². The van der Waals surface area contributed by atoms with Crippen molar-refractivity contribution in [1.29, 1.82) is 0 Å². The van der Waals surface area contributed by atoms with Gasteiger partial charge in [0.05, 0.1) is 11.0 Å². The standard InChI is InChI=1S/C52H33N5O/c1-3-14-34(15-4-1)36-18-12-22-41(31-36)50-54-49(35-16-5-2-6-17-35)55-51(56-50)42-23-13-21-39(32-42)37-19-11-20-38(30-37)40-28-29-47-44(33-40)43-24-7-9-26-46(43)57(47)52-53-45-25-8-10-27-48(45)58-52/h1-33H. The summed E-state index contributed by atoms with van der Waals surface area (Å²) in [6.07, 6.45) is 0. The molecule has 0 fully saturated rings. The summed E-state index contributed by atoms with van der Waals surface area (Å²) >= 11 is 0. The van der Waals surface area contributed by atoms with Gasteiger partial charge in [0.25, 0.3) is 0 Å². The van der Waals surface area contributed by atoms with E-state index in [4.69, 9.17) is 24.4 Å². The average Bonchev–Trinajstić information content (AvgIpc) is 3.88. The van der Waals surface area contributed by atoms with Gasteiger partial charge in [-0.15, -0.1) is 0 Å². The molecule has 0 saturated carbocycles. The molecule has 58 heavy (non-hydrogen) atoms. The van der Waals surface area contributed by atoms with Crippen LogP contribution in [0.3, 0.4) is 0 Å². The minimum atomic E-state index is 0.559. The summed E-state index contributed by atoms with van der Waals surface area (Å²) in [5, 5.41) is 2.28. The van der Waals surface area contributed by atoms with Gasteiger partial charge in [0, 0.05) is 27.5 Å². The fraction of sp³-hybridized carbons (Fsp3) is 0. The van der Waals surface area contributed by atoms with Gasteiger partial charge in [-0.2, -0.15) is 4.98 Å². The molecule has 0 amide bonds. The number of aromatic nitrogens is 5. The molecule has 3 aromatic heterocycles. The van der Waals surface area contributed by atoms with E-state index in [9.17, 15) is 0 Å². The predicted molar refractivity (Wildman–Crippen MR) is 234 cm³/mol. The maximum Gasteiger partial charge on any atom is 0.307 e. The van der Waals surface area contributed by atoms with Crippen LogP contribution in [0.1, 0.15) is 0 Å². The summed E-state index contributed by atoms with van der Waals surface area (Å²) in [6.45, 7) is 0. The largest absolute Gasteiger partial charge is 0.423 e. The number of fused-ring (bicyclic) bond motifs is 4. The highest BCUT2D eigenvalue weighted by Gasteiger charge is 2.18. The Morgan fingerprint density at radius 3 is 1.43 bits per heavy atom. The molecule has 3 heterocycles. The fourth-order valence-corrected chi connectivity index (χ4v) is 7.85. The van der Waals surface area contributed by atoms with Crippen LogP contribution < -0.4 is 0 Å². The molecule has 0 bridgehead atoms. The third-order valence-electron chi connectivity index (χ3n) is 10.7. The summed E-state index contributed by atoms with van der Waals surface area (Å²) in [5.41, 5.74) is 13.1. The normalized spacial score (nSPS) is 11.4. The molecular weight excluding hydrogens is 711 g/mol. The van der Waals surface area contributed by atoms with Gasteiger partial charge in [-0.1, -0.05) is 152 Å². The van der Waals surface area contributed by atoms with Gasteiger partial charge in [0.1, 0.15) is 5.52 Å². The van der Waals surface area contributed by atoms with Crippen LogP contribution in [0.25, 0.3) is 106 Å². The zero-order chi connectivity index (χ0) is 38.4. The number of oxazole rings is 1. The minimum absolute atomic E-state index is 0.559. The molecule has 272 valence electrons. The van der Waals surface area contributed by atoms with E-state index in [2.05, 4.69) is 144 Å². The summed E-state index contributed by atoms with van der Waals surface area (Å²) in [4.78, 5) is 20.0. The van der Waals surface area contributed by atoms with Crippen LogP contribution in [0.15, 0.2) is 205 Å². The molecule has 8 aromatic carbocycles. The lowest BCUT2D eigenvalue weighted by atomic mass is 9.97. The van der Waals surface area contributed by atoms with Gasteiger partial charge < -0.3 is 4.42 Å². The molecule has 0 N–H and O–H groups in total. The minimum Gasteiger partial charge on any atom is -0.423 e. The van der Waals surface area contributed by atoms with Gasteiger partial charge >= 0.3 is 6.01 Å². The van der Waals surface area contributed by atoms with Crippen molar-refractivity contribution in [1.82, 2.24) is 24.5 Å². The Labute approximate surface area is 334 Å². The van der Waals surface area contributed by atoms with E-state index in [-0.39, 0.29) is 0 Å². The number of hydrogen-bond acceptors (Lipinski definition) is 5. The maximum absolute atomic E-state index is 6.27. The van der Waals surface area contributed by atoms with Gasteiger partial charge in [-0.05, 0) is 81.9 Å². The van der Waals surface area contributed by atoms with Gasteiger partial charge in [0.2, 0.25) is 0 Å². The molecule has 0 atom stereocenters. The Morgan fingerprint density at radius 1 is 0.310 bits per heavy atom. The first-order valence-electron chi connectivity index (χ1n) is 19.3. The molecule has 0 radical (unpaired) electrons. The summed E-state index contributed by atoms with van der Waals surface area (Å²) in [7, 11) is 0. The summed E-state index contributed by atoms with van der Waals surface area (Å²) < 4.78 is 8.39. The average molecular weight is 744 g/mol. The van der Waals surface area contributed by atoms with Crippen molar-refractivity contribution in [2.24, 2.45) is 0 Å². The number of rotatable bonds is 7. The number of hydrogen-bond donors (Lipinski definition) is 0. The van der Waals surface area contributed by atoms with Gasteiger partial charge in [0.15, 0.2) is 23.1 Å². The van der Waals surface area contributed by atoms with E-state index in [0.717, 1.165) is 83.0 Å². The first kappa shape index (κ1) is 33.4. The Bertz CT molecular complexity index is 3260. The Kier molecular flexibility index (Phi) is 8.04. The lowest BCUT2D eigenvalue weighted by Gasteiger charge is -2.11. The molecule has 11 rings (SSSR count). The lowest BCUT2D eigenvalue weighted by molar-refractivity contribution is 0.574. The van der Waals surface area contributed by atoms with Crippen LogP contribution in [-0.2, 0) is 0 Å². The van der Waals surface area contributed by atoms with E-state index < -0.39 is 0 Å². The van der Waals surface area contributed by atoms with Crippen molar-refractivity contribution < 1.29 is 4.42 Å². The molecule has 0 unspecified atom stereocenters. The first-order valence-corrected chi connectivity index (χ1v) is 19.3. The van der Waals surface area contributed by atoms with Crippen LogP contribution in [0, 0.1) is 0 Å². The second kappa shape index (κ2) is 14.0. The Balaban J connectivity index is 0.979. The van der Waals surface area contributed by atoms with E-state index in [1.54, 1.807) is 0 Å². The molecular formula is C52H33N5O. The van der Waals surface area contributed by atoms with Gasteiger partial charge in [-0.25, -0.2) is 15.0 Å². The number of benzene rings is 8. The van der Waals surface area contributed by atoms with Crippen molar-refractivity contribution in [3.8, 4) is 73.6 Å². The summed E-state index contributed by atoms with van der Waals surface area (Å²) in [5.74, 6) is 1.88. The van der Waals surface area contributed by atoms with Crippen LogP contribution in [0.2, 0.25) is 0 Å². The maximum atomic E-state index is 6.27. The van der Waals surface area contributed by atoms with E-state index >= 15 is 0 Å². The van der Waals surface area contributed by atoms with E-state index in [1.807, 2.05) is 60.7 Å². The van der Waals surface area contributed by atoms with Crippen LogP contribution in [-0.4, -0.2) is 24.5 Å². The highest BCUT2D eigenvalue weighted by atomic mass is 16.4. The molecule has 0 saturated heterocycles. The second-order valence-electron chi connectivity index (χ2n) is 14.3. The quantitative estimate of drug-likeness (QED) is 0.163. The van der Waals surface area contributed by atoms with Gasteiger partial charge in [-0.3, -0.25) is 4.57 Å². The molecule has 0 aliphatic carbocycles. The van der Waals surface area contributed by atoms with E-state index in [1.165, 1.54) is 0 Å². The molecule has 11 aromatic rings. The summed E-state index contributed by atoms with van der Waals surface area (Å²) in [6, 6.07) is 69.5. The van der Waals surface area contributed by atoms with Crippen molar-refractivity contribution in [2.45, 2.75) is 0 Å². The van der Waals surface area contributed by atoms with Crippen LogP contribution in [0.5, 0.6) is 0 Å². The van der Waals surface area contributed by atoms with Crippen LogP contribution >= 0.6 is 0 Å². The SMILES string of the molecule is c1ccc(-c2cccc(-c3nc(-c4ccccc4)nc(-c4cccc(-c5cccc(-c6ccc7c(c6)c6ccccc6n7-c6nc7ccccc7o6)c5)c4)n3)c2)cc1. The molecule has 0 aliphatic rings. The topological polar surface area (TPSA) is 69.6 Å². The van der Waals surface area contributed by atoms with E-state index in [0.29, 0.717) is 23.5 Å². The van der Waals surface area contributed by atoms with Crippen molar-refractivity contribution in [2.75, 3.05) is 0 Å². The molecule has 6 heteroatoms.